The van der Waals surface area contributed by atoms with Crippen molar-refractivity contribution in [3.05, 3.63) is 33.6 Å². The van der Waals surface area contributed by atoms with Crippen molar-refractivity contribution in [2.45, 2.75) is 20.4 Å². The molecule has 84 valence electrons. The summed E-state index contributed by atoms with van der Waals surface area (Å²) in [5.74, 6) is 1.11. The van der Waals surface area contributed by atoms with Crippen LogP contribution in [0.2, 0.25) is 0 Å². The number of hydrogen-bond acceptors (Lipinski definition) is 5. The zero-order valence-electron chi connectivity index (χ0n) is 9.32. The van der Waals surface area contributed by atoms with E-state index in [1.807, 2.05) is 6.92 Å². The lowest BCUT2D eigenvalue weighted by atomic mass is 10.3. The first-order chi connectivity index (χ1) is 7.65. The van der Waals surface area contributed by atoms with E-state index in [1.165, 1.54) is 9.75 Å². The second kappa shape index (κ2) is 4.49. The Hall–Kier alpha value is -1.62. The summed E-state index contributed by atoms with van der Waals surface area (Å²) >= 11 is 1.78. The minimum absolute atomic E-state index is 0.301. The number of aromatic nitrogens is 2. The van der Waals surface area contributed by atoms with Gasteiger partial charge < -0.3 is 11.1 Å². The van der Waals surface area contributed by atoms with Crippen molar-refractivity contribution in [1.29, 1.82) is 0 Å². The molecule has 0 saturated heterocycles. The summed E-state index contributed by atoms with van der Waals surface area (Å²) < 4.78 is 0. The van der Waals surface area contributed by atoms with Gasteiger partial charge in [0.05, 0.1) is 6.54 Å². The molecule has 0 radical (unpaired) electrons. The first kappa shape index (κ1) is 10.9. The van der Waals surface area contributed by atoms with Gasteiger partial charge in [0.15, 0.2) is 0 Å². The van der Waals surface area contributed by atoms with Crippen LogP contribution in [0.1, 0.15) is 15.3 Å². The van der Waals surface area contributed by atoms with Crippen molar-refractivity contribution in [3.8, 4) is 0 Å². The molecule has 2 heterocycles. The lowest BCUT2D eigenvalue weighted by molar-refractivity contribution is 1.08. The van der Waals surface area contributed by atoms with E-state index < -0.39 is 0 Å². The summed E-state index contributed by atoms with van der Waals surface area (Å²) in [4.78, 5) is 10.7. The standard InChI is InChI=1S/C11H14N4S/c1-7-5-14-11(12)15-10(7)13-6-9-4-3-8(2)16-9/h3-5H,6H2,1-2H3,(H3,12,13,14,15). The minimum Gasteiger partial charge on any atom is -0.368 e. The molecule has 0 spiro atoms. The lowest BCUT2D eigenvalue weighted by Gasteiger charge is -2.07. The molecular weight excluding hydrogens is 220 g/mol. The van der Waals surface area contributed by atoms with Crippen LogP contribution in [0.5, 0.6) is 0 Å². The summed E-state index contributed by atoms with van der Waals surface area (Å²) in [7, 11) is 0. The summed E-state index contributed by atoms with van der Waals surface area (Å²) in [5.41, 5.74) is 6.54. The second-order valence-corrected chi connectivity index (χ2v) is 5.00. The Morgan fingerprint density at radius 2 is 2.19 bits per heavy atom. The fraction of sp³-hybridized carbons (Fsp3) is 0.273. The van der Waals surface area contributed by atoms with E-state index in [4.69, 9.17) is 5.73 Å². The smallest absolute Gasteiger partial charge is 0.221 e. The van der Waals surface area contributed by atoms with E-state index in [2.05, 4.69) is 34.3 Å². The van der Waals surface area contributed by atoms with E-state index in [1.54, 1.807) is 17.5 Å². The Morgan fingerprint density at radius 3 is 2.88 bits per heavy atom. The Morgan fingerprint density at radius 1 is 1.38 bits per heavy atom. The van der Waals surface area contributed by atoms with Crippen LogP contribution in [0, 0.1) is 13.8 Å². The van der Waals surface area contributed by atoms with Crippen LogP contribution in [-0.2, 0) is 6.54 Å². The molecule has 4 nitrogen and oxygen atoms in total. The summed E-state index contributed by atoms with van der Waals surface area (Å²) in [6, 6.07) is 4.23. The Balaban J connectivity index is 2.07. The number of nitrogens with one attached hydrogen (secondary N) is 1. The number of nitrogens with zero attached hydrogens (tertiary/aromatic N) is 2. The molecule has 0 fully saturated rings. The van der Waals surface area contributed by atoms with Gasteiger partial charge >= 0.3 is 0 Å². The molecule has 0 saturated carbocycles. The number of aryl methyl sites for hydroxylation is 2. The van der Waals surface area contributed by atoms with Gasteiger partial charge in [0.25, 0.3) is 0 Å². The van der Waals surface area contributed by atoms with E-state index in [-0.39, 0.29) is 0 Å². The van der Waals surface area contributed by atoms with Gasteiger partial charge in [-0.15, -0.1) is 11.3 Å². The van der Waals surface area contributed by atoms with Crippen molar-refractivity contribution < 1.29 is 0 Å². The van der Waals surface area contributed by atoms with Crippen molar-refractivity contribution in [1.82, 2.24) is 9.97 Å². The Bertz CT molecular complexity index is 492. The molecule has 0 aliphatic heterocycles. The van der Waals surface area contributed by atoms with Gasteiger partial charge in [0, 0.05) is 21.5 Å². The molecule has 2 aromatic rings. The Kier molecular flexibility index (Phi) is 3.05. The highest BCUT2D eigenvalue weighted by atomic mass is 32.1. The van der Waals surface area contributed by atoms with Gasteiger partial charge in [-0.05, 0) is 26.0 Å². The predicted molar refractivity (Wildman–Crippen MR) is 67.6 cm³/mol. The average Bonchev–Trinajstić information content (AvgIpc) is 2.66. The average molecular weight is 234 g/mol. The largest absolute Gasteiger partial charge is 0.368 e. The maximum atomic E-state index is 5.54. The highest BCUT2D eigenvalue weighted by molar-refractivity contribution is 7.11. The van der Waals surface area contributed by atoms with Gasteiger partial charge in [-0.1, -0.05) is 0 Å². The zero-order valence-corrected chi connectivity index (χ0v) is 10.1. The first-order valence-electron chi connectivity index (χ1n) is 5.03. The first-order valence-corrected chi connectivity index (χ1v) is 5.85. The highest BCUT2D eigenvalue weighted by Crippen LogP contribution is 2.17. The third-order valence-corrected chi connectivity index (χ3v) is 3.22. The molecule has 0 aliphatic rings. The molecule has 0 unspecified atom stereocenters. The molecule has 0 amide bonds. The number of anilines is 2. The van der Waals surface area contributed by atoms with Crippen LogP contribution in [-0.4, -0.2) is 9.97 Å². The number of nitrogen functional groups attached to an aromatic ring is 1. The van der Waals surface area contributed by atoms with Crippen molar-refractivity contribution in [3.63, 3.8) is 0 Å². The number of hydrogen-bond donors (Lipinski definition) is 2. The molecule has 0 bridgehead atoms. The molecular formula is C11H14N4S. The van der Waals surface area contributed by atoms with Crippen LogP contribution in [0.3, 0.4) is 0 Å². The fourth-order valence-corrected chi connectivity index (χ4v) is 2.22. The van der Waals surface area contributed by atoms with Crippen LogP contribution >= 0.6 is 11.3 Å². The maximum Gasteiger partial charge on any atom is 0.221 e. The summed E-state index contributed by atoms with van der Waals surface area (Å²) in [6.07, 6.45) is 1.73. The monoisotopic (exact) mass is 234 g/mol. The van der Waals surface area contributed by atoms with E-state index in [9.17, 15) is 0 Å². The fourth-order valence-electron chi connectivity index (χ4n) is 1.39. The number of rotatable bonds is 3. The van der Waals surface area contributed by atoms with Crippen LogP contribution in [0.15, 0.2) is 18.3 Å². The number of thiophene rings is 1. The van der Waals surface area contributed by atoms with Gasteiger partial charge in [-0.25, -0.2) is 4.98 Å². The van der Waals surface area contributed by atoms with E-state index >= 15 is 0 Å². The zero-order chi connectivity index (χ0) is 11.5. The summed E-state index contributed by atoms with van der Waals surface area (Å²) in [6.45, 7) is 4.83. The third-order valence-electron chi connectivity index (χ3n) is 2.22. The normalized spacial score (nSPS) is 10.4. The molecule has 2 aromatic heterocycles. The van der Waals surface area contributed by atoms with Crippen LogP contribution in [0.25, 0.3) is 0 Å². The lowest BCUT2D eigenvalue weighted by Crippen LogP contribution is -2.05. The van der Waals surface area contributed by atoms with Crippen molar-refractivity contribution >= 4 is 23.1 Å². The van der Waals surface area contributed by atoms with Gasteiger partial charge in [0.2, 0.25) is 5.95 Å². The van der Waals surface area contributed by atoms with Crippen molar-refractivity contribution in [2.75, 3.05) is 11.1 Å². The second-order valence-electron chi connectivity index (χ2n) is 3.63. The van der Waals surface area contributed by atoms with Gasteiger partial charge in [-0.3, -0.25) is 0 Å². The van der Waals surface area contributed by atoms with E-state index in [0.29, 0.717) is 5.95 Å². The van der Waals surface area contributed by atoms with Crippen LogP contribution < -0.4 is 11.1 Å². The van der Waals surface area contributed by atoms with E-state index in [0.717, 1.165) is 17.9 Å². The molecule has 0 aromatic carbocycles. The number of nitrogens with two attached hydrogens (primary N) is 1. The molecule has 2 rings (SSSR count). The highest BCUT2D eigenvalue weighted by Gasteiger charge is 2.02. The predicted octanol–water partition coefficient (Wildman–Crippen LogP) is 2.35. The minimum atomic E-state index is 0.301. The molecule has 0 aliphatic carbocycles. The maximum absolute atomic E-state index is 5.54. The summed E-state index contributed by atoms with van der Waals surface area (Å²) in [5, 5.41) is 3.26. The van der Waals surface area contributed by atoms with Gasteiger partial charge in [0.1, 0.15) is 5.82 Å². The molecule has 16 heavy (non-hydrogen) atoms. The van der Waals surface area contributed by atoms with Crippen LogP contribution in [0.4, 0.5) is 11.8 Å². The Labute approximate surface area is 98.6 Å². The quantitative estimate of drug-likeness (QED) is 0.855. The SMILES string of the molecule is Cc1ccc(CNc2nc(N)ncc2C)s1. The third kappa shape index (κ3) is 2.49. The molecule has 0 atom stereocenters. The molecule has 3 N–H and O–H groups in total. The van der Waals surface area contributed by atoms with Gasteiger partial charge in [-0.2, -0.15) is 4.98 Å². The topological polar surface area (TPSA) is 63.8 Å². The molecule has 5 heteroatoms. The van der Waals surface area contributed by atoms with Crippen molar-refractivity contribution in [2.24, 2.45) is 0 Å².